The second-order valence-electron chi connectivity index (χ2n) is 5.91. The Hall–Kier alpha value is -3.80. The van der Waals surface area contributed by atoms with Crippen molar-refractivity contribution in [3.63, 3.8) is 0 Å². The molecule has 0 amide bonds. The third-order valence-electron chi connectivity index (χ3n) is 4.00. The van der Waals surface area contributed by atoms with Gasteiger partial charge >= 0.3 is 6.18 Å². The molecule has 0 bridgehead atoms. The number of benzene rings is 2. The lowest BCUT2D eigenvalue weighted by atomic mass is 10.2. The second-order valence-corrected chi connectivity index (χ2v) is 5.91. The summed E-state index contributed by atoms with van der Waals surface area (Å²) in [5, 5.41) is 9.13. The van der Waals surface area contributed by atoms with Crippen molar-refractivity contribution in [3.05, 3.63) is 82.0 Å². The Bertz CT molecular complexity index is 1120. The molecule has 0 N–H and O–H groups in total. The Morgan fingerprint density at radius 2 is 1.83 bits per heavy atom. The highest BCUT2D eigenvalue weighted by Crippen LogP contribution is 2.35. The Labute approximate surface area is 163 Å². The first-order valence-electron chi connectivity index (χ1n) is 8.30. The molecule has 6 nitrogen and oxygen atoms in total. The molecule has 0 saturated carbocycles. The first kappa shape index (κ1) is 19.9. The quantitative estimate of drug-likeness (QED) is 0.646. The van der Waals surface area contributed by atoms with Crippen LogP contribution in [0.3, 0.4) is 0 Å². The van der Waals surface area contributed by atoms with Crippen molar-refractivity contribution in [1.82, 2.24) is 9.55 Å². The molecular weight excluding hydrogens is 387 g/mol. The minimum Gasteiger partial charge on any atom is -0.497 e. The molecule has 29 heavy (non-hydrogen) atoms. The van der Waals surface area contributed by atoms with Crippen molar-refractivity contribution in [3.8, 4) is 23.3 Å². The highest BCUT2D eigenvalue weighted by atomic mass is 19.4. The summed E-state index contributed by atoms with van der Waals surface area (Å²) in [4.78, 5) is 16.2. The first-order valence-corrected chi connectivity index (χ1v) is 8.30. The molecule has 148 valence electrons. The maximum Gasteiger partial charge on any atom is 0.437 e. The van der Waals surface area contributed by atoms with Crippen molar-refractivity contribution in [2.45, 2.75) is 12.7 Å². The number of methoxy groups -OCH3 is 1. The van der Waals surface area contributed by atoms with E-state index in [1.165, 1.54) is 31.4 Å². The molecule has 2 aromatic carbocycles. The van der Waals surface area contributed by atoms with E-state index in [4.69, 9.17) is 14.7 Å². The number of para-hydroxylation sites is 1. The zero-order valence-electron chi connectivity index (χ0n) is 15.1. The summed E-state index contributed by atoms with van der Waals surface area (Å²) in [6, 6.07) is 14.2. The number of nitrogens with zero attached hydrogens (tertiary/aromatic N) is 3. The van der Waals surface area contributed by atoms with Crippen LogP contribution in [0.25, 0.3) is 0 Å². The van der Waals surface area contributed by atoms with Crippen molar-refractivity contribution in [1.29, 1.82) is 5.26 Å². The maximum absolute atomic E-state index is 13.4. The molecule has 0 spiro atoms. The van der Waals surface area contributed by atoms with E-state index in [9.17, 15) is 18.0 Å². The van der Waals surface area contributed by atoms with Crippen LogP contribution in [-0.2, 0) is 12.7 Å². The van der Waals surface area contributed by atoms with Gasteiger partial charge in [0.15, 0.2) is 5.69 Å². The van der Waals surface area contributed by atoms with E-state index >= 15 is 0 Å². The zero-order valence-corrected chi connectivity index (χ0v) is 15.1. The van der Waals surface area contributed by atoms with E-state index in [0.29, 0.717) is 11.3 Å². The van der Waals surface area contributed by atoms with E-state index in [2.05, 4.69) is 4.98 Å². The molecule has 0 atom stereocenters. The van der Waals surface area contributed by atoms with Gasteiger partial charge < -0.3 is 9.47 Å². The van der Waals surface area contributed by atoms with Crippen LogP contribution in [0, 0.1) is 11.3 Å². The summed E-state index contributed by atoms with van der Waals surface area (Å²) in [5.74, 6) is -0.554. The number of hydrogen-bond acceptors (Lipinski definition) is 5. The highest BCUT2D eigenvalue weighted by molar-refractivity contribution is 5.45. The smallest absolute Gasteiger partial charge is 0.437 e. The van der Waals surface area contributed by atoms with Crippen LogP contribution in [0.15, 0.2) is 59.7 Å². The lowest BCUT2D eigenvalue weighted by molar-refractivity contribution is -0.142. The number of rotatable bonds is 5. The fourth-order valence-electron chi connectivity index (χ4n) is 2.56. The van der Waals surface area contributed by atoms with Gasteiger partial charge in [-0.2, -0.15) is 18.4 Å². The lowest BCUT2D eigenvalue weighted by Gasteiger charge is -2.15. The molecule has 0 aliphatic heterocycles. The molecule has 0 unspecified atom stereocenters. The van der Waals surface area contributed by atoms with E-state index < -0.39 is 23.2 Å². The van der Waals surface area contributed by atoms with Gasteiger partial charge in [0.2, 0.25) is 5.75 Å². The molecule has 0 fully saturated rings. The summed E-state index contributed by atoms with van der Waals surface area (Å²) in [5.41, 5.74) is -1.83. The van der Waals surface area contributed by atoms with Crippen LogP contribution in [0.4, 0.5) is 13.2 Å². The molecule has 3 aromatic rings. The molecule has 9 heteroatoms. The van der Waals surface area contributed by atoms with E-state index in [1.807, 2.05) is 6.07 Å². The molecular formula is C20H14F3N3O3. The van der Waals surface area contributed by atoms with Gasteiger partial charge in [-0.3, -0.25) is 9.36 Å². The zero-order chi connectivity index (χ0) is 21.0. The fraction of sp³-hybridized carbons (Fsp3) is 0.150. The summed E-state index contributed by atoms with van der Waals surface area (Å²) in [6.07, 6.45) is -4.09. The number of hydrogen-bond donors (Lipinski definition) is 0. The monoisotopic (exact) mass is 401 g/mol. The molecule has 0 radical (unpaired) electrons. The summed E-state index contributed by atoms with van der Waals surface area (Å²) in [6.45, 7) is -0.0236. The van der Waals surface area contributed by atoms with Gasteiger partial charge in [-0.05, 0) is 29.8 Å². The number of alkyl halides is 3. The SMILES string of the molecule is COc1ccc(Cn2cnc(C(F)(F)F)c(Oc3ccccc3C#N)c2=O)cc1. The minimum absolute atomic E-state index is 0.00872. The van der Waals surface area contributed by atoms with Gasteiger partial charge in [-0.25, -0.2) is 4.98 Å². The van der Waals surface area contributed by atoms with Crippen molar-refractivity contribution in [2.24, 2.45) is 0 Å². The Kier molecular flexibility index (Phi) is 5.54. The van der Waals surface area contributed by atoms with Gasteiger partial charge in [0.05, 0.1) is 25.5 Å². The van der Waals surface area contributed by atoms with Crippen molar-refractivity contribution < 1.29 is 22.6 Å². The van der Waals surface area contributed by atoms with E-state index in [0.717, 1.165) is 10.9 Å². The van der Waals surface area contributed by atoms with Gasteiger partial charge in [0, 0.05) is 0 Å². The molecule has 0 saturated heterocycles. The van der Waals surface area contributed by atoms with Crippen LogP contribution in [0.2, 0.25) is 0 Å². The standard InChI is InChI=1S/C20H14F3N3O3/c1-28-15-8-6-13(7-9-15)11-26-12-25-18(20(21,22)23)17(19(26)27)29-16-5-3-2-4-14(16)10-24/h2-9,12H,11H2,1H3. The summed E-state index contributed by atoms with van der Waals surface area (Å²) in [7, 11) is 1.50. The van der Waals surface area contributed by atoms with Crippen LogP contribution in [-0.4, -0.2) is 16.7 Å². The van der Waals surface area contributed by atoms with Crippen molar-refractivity contribution in [2.75, 3.05) is 7.11 Å². The van der Waals surface area contributed by atoms with Crippen LogP contribution in [0.1, 0.15) is 16.8 Å². The number of halogens is 3. The Morgan fingerprint density at radius 3 is 2.45 bits per heavy atom. The lowest BCUT2D eigenvalue weighted by Crippen LogP contribution is -2.26. The number of nitriles is 1. The average molecular weight is 401 g/mol. The third kappa shape index (κ3) is 4.38. The second kappa shape index (κ2) is 8.06. The van der Waals surface area contributed by atoms with Crippen LogP contribution < -0.4 is 15.0 Å². The molecule has 1 heterocycles. The summed E-state index contributed by atoms with van der Waals surface area (Å²) < 4.78 is 51.5. The van der Waals surface area contributed by atoms with Gasteiger partial charge in [0.25, 0.3) is 5.56 Å². The number of aromatic nitrogens is 2. The van der Waals surface area contributed by atoms with Gasteiger partial charge in [-0.1, -0.05) is 24.3 Å². The normalized spacial score (nSPS) is 11.0. The van der Waals surface area contributed by atoms with Crippen LogP contribution in [0.5, 0.6) is 17.2 Å². The average Bonchev–Trinajstić information content (AvgIpc) is 2.71. The first-order chi connectivity index (χ1) is 13.8. The predicted octanol–water partition coefficient (Wildman–Crippen LogP) is 3.98. The molecule has 0 aliphatic carbocycles. The molecule has 0 aliphatic rings. The highest BCUT2D eigenvalue weighted by Gasteiger charge is 2.38. The maximum atomic E-state index is 13.4. The van der Waals surface area contributed by atoms with Gasteiger partial charge in [0.1, 0.15) is 17.6 Å². The Balaban J connectivity index is 2.05. The topological polar surface area (TPSA) is 77.1 Å². The van der Waals surface area contributed by atoms with E-state index in [-0.39, 0.29) is 17.9 Å². The third-order valence-corrected chi connectivity index (χ3v) is 4.00. The molecule has 3 rings (SSSR count). The minimum atomic E-state index is -4.91. The van der Waals surface area contributed by atoms with Crippen molar-refractivity contribution >= 4 is 0 Å². The summed E-state index contributed by atoms with van der Waals surface area (Å²) >= 11 is 0. The number of ether oxygens (including phenoxy) is 2. The predicted molar refractivity (Wildman–Crippen MR) is 96.8 cm³/mol. The largest absolute Gasteiger partial charge is 0.497 e. The van der Waals surface area contributed by atoms with Gasteiger partial charge in [-0.15, -0.1) is 0 Å². The van der Waals surface area contributed by atoms with E-state index in [1.54, 1.807) is 24.3 Å². The Morgan fingerprint density at radius 1 is 1.14 bits per heavy atom. The van der Waals surface area contributed by atoms with Crippen LogP contribution >= 0.6 is 0 Å². The fourth-order valence-corrected chi connectivity index (χ4v) is 2.56. The molecule has 1 aromatic heterocycles.